The number of nitrogens with zero attached hydrogens (tertiary/aromatic N) is 4. The summed E-state index contributed by atoms with van der Waals surface area (Å²) in [5.74, 6) is 2.32. The van der Waals surface area contributed by atoms with Crippen LogP contribution < -0.4 is 0 Å². The van der Waals surface area contributed by atoms with Crippen LogP contribution in [0.25, 0.3) is 0 Å². The van der Waals surface area contributed by atoms with E-state index < -0.39 is 0 Å². The molecule has 0 aliphatic heterocycles. The summed E-state index contributed by atoms with van der Waals surface area (Å²) in [6.45, 7) is 10.4. The van der Waals surface area contributed by atoms with E-state index >= 15 is 0 Å². The van der Waals surface area contributed by atoms with E-state index in [1.807, 2.05) is 20.1 Å². The highest BCUT2D eigenvalue weighted by atomic mass is 15.4. The Morgan fingerprint density at radius 1 is 1.28 bits per heavy atom. The zero-order valence-electron chi connectivity index (χ0n) is 12.1. The van der Waals surface area contributed by atoms with E-state index in [-0.39, 0.29) is 0 Å². The molecule has 0 saturated heterocycles. The maximum Gasteiger partial charge on any atom is 0.151 e. The Morgan fingerprint density at radius 3 is 2.44 bits per heavy atom. The Hall–Kier alpha value is -1.45. The Morgan fingerprint density at radius 2 is 1.89 bits per heavy atom. The monoisotopic (exact) mass is 248 g/mol. The average molecular weight is 248 g/mol. The molecule has 0 aliphatic rings. The minimum Gasteiger partial charge on any atom is -0.202 e. The van der Waals surface area contributed by atoms with E-state index in [2.05, 4.69) is 42.1 Å². The molecular weight excluding hydrogens is 224 g/mol. The SMILES string of the molecule is CC(C)=CCCC(C)CC=Nn1c(C)nnc1C. The predicted molar refractivity (Wildman–Crippen MR) is 75.8 cm³/mol. The number of hydrogen-bond acceptors (Lipinski definition) is 3. The van der Waals surface area contributed by atoms with E-state index in [4.69, 9.17) is 0 Å². The number of hydrogen-bond donors (Lipinski definition) is 0. The van der Waals surface area contributed by atoms with Gasteiger partial charge < -0.3 is 0 Å². The van der Waals surface area contributed by atoms with Gasteiger partial charge in [-0.25, -0.2) is 4.68 Å². The van der Waals surface area contributed by atoms with Crippen molar-refractivity contribution >= 4 is 6.21 Å². The molecule has 0 fully saturated rings. The third-order valence-corrected chi connectivity index (χ3v) is 2.87. The van der Waals surface area contributed by atoms with Crippen LogP contribution in [0, 0.1) is 19.8 Å². The zero-order chi connectivity index (χ0) is 13.5. The quantitative estimate of drug-likeness (QED) is 0.571. The average Bonchev–Trinajstić information content (AvgIpc) is 2.60. The molecule has 0 N–H and O–H groups in total. The second kappa shape index (κ2) is 7.09. The lowest BCUT2D eigenvalue weighted by atomic mass is 10.0. The van der Waals surface area contributed by atoms with Gasteiger partial charge in [0, 0.05) is 6.21 Å². The Bertz CT molecular complexity index is 406. The minimum atomic E-state index is 0.654. The fourth-order valence-corrected chi connectivity index (χ4v) is 1.71. The van der Waals surface area contributed by atoms with Gasteiger partial charge in [-0.3, -0.25) is 0 Å². The van der Waals surface area contributed by atoms with Gasteiger partial charge in [-0.15, -0.1) is 10.2 Å². The van der Waals surface area contributed by atoms with Crippen LogP contribution >= 0.6 is 0 Å². The van der Waals surface area contributed by atoms with Crippen molar-refractivity contribution in [3.63, 3.8) is 0 Å². The molecule has 1 aromatic rings. The molecule has 100 valence electrons. The van der Waals surface area contributed by atoms with Gasteiger partial charge in [0.05, 0.1) is 0 Å². The first-order valence-electron chi connectivity index (χ1n) is 6.55. The van der Waals surface area contributed by atoms with Gasteiger partial charge in [0.1, 0.15) is 0 Å². The Balaban J connectivity index is 2.38. The predicted octanol–water partition coefficient (Wildman–Crippen LogP) is 3.50. The van der Waals surface area contributed by atoms with Crippen molar-refractivity contribution in [1.29, 1.82) is 0 Å². The Kier molecular flexibility index (Phi) is 5.75. The summed E-state index contributed by atoms with van der Waals surface area (Å²) >= 11 is 0. The van der Waals surface area contributed by atoms with Crippen LogP contribution in [0.2, 0.25) is 0 Å². The molecule has 0 aromatic carbocycles. The minimum absolute atomic E-state index is 0.654. The molecule has 1 aromatic heterocycles. The fourth-order valence-electron chi connectivity index (χ4n) is 1.71. The molecule has 0 spiro atoms. The summed E-state index contributed by atoms with van der Waals surface area (Å²) in [6.07, 6.45) is 7.62. The van der Waals surface area contributed by atoms with Crippen LogP contribution in [-0.4, -0.2) is 21.1 Å². The van der Waals surface area contributed by atoms with Gasteiger partial charge in [-0.05, 0) is 52.9 Å². The van der Waals surface area contributed by atoms with E-state index in [9.17, 15) is 0 Å². The van der Waals surface area contributed by atoms with Crippen molar-refractivity contribution < 1.29 is 0 Å². The smallest absolute Gasteiger partial charge is 0.151 e. The molecule has 0 amide bonds. The van der Waals surface area contributed by atoms with Gasteiger partial charge >= 0.3 is 0 Å². The van der Waals surface area contributed by atoms with Crippen LogP contribution in [0.1, 0.15) is 51.7 Å². The highest BCUT2D eigenvalue weighted by Gasteiger charge is 2.02. The summed E-state index contributed by atoms with van der Waals surface area (Å²) in [5.41, 5.74) is 1.40. The summed E-state index contributed by atoms with van der Waals surface area (Å²) in [4.78, 5) is 0. The topological polar surface area (TPSA) is 43.1 Å². The van der Waals surface area contributed by atoms with Crippen molar-refractivity contribution in [3.05, 3.63) is 23.3 Å². The maximum atomic E-state index is 4.40. The van der Waals surface area contributed by atoms with E-state index in [0.717, 1.165) is 24.5 Å². The lowest BCUT2D eigenvalue weighted by Crippen LogP contribution is -1.99. The van der Waals surface area contributed by atoms with Gasteiger partial charge in [0.2, 0.25) is 0 Å². The fraction of sp³-hybridized carbons (Fsp3) is 0.643. The summed E-state index contributed by atoms with van der Waals surface area (Å²) in [5, 5.41) is 12.3. The molecule has 1 rings (SSSR count). The molecule has 18 heavy (non-hydrogen) atoms. The number of rotatable bonds is 6. The summed E-state index contributed by atoms with van der Waals surface area (Å²) in [6, 6.07) is 0. The van der Waals surface area contributed by atoms with E-state index in [0.29, 0.717) is 5.92 Å². The highest BCUT2D eigenvalue weighted by Crippen LogP contribution is 2.10. The summed E-state index contributed by atoms with van der Waals surface area (Å²) in [7, 11) is 0. The molecule has 1 atom stereocenters. The number of aromatic nitrogens is 3. The molecule has 0 saturated carbocycles. The van der Waals surface area contributed by atoms with Crippen molar-refractivity contribution in [3.8, 4) is 0 Å². The lowest BCUT2D eigenvalue weighted by Gasteiger charge is -2.06. The molecule has 0 aliphatic carbocycles. The normalized spacial score (nSPS) is 12.9. The molecule has 0 bridgehead atoms. The molecule has 4 heteroatoms. The molecule has 4 nitrogen and oxygen atoms in total. The number of allylic oxidation sites excluding steroid dienone is 2. The van der Waals surface area contributed by atoms with Gasteiger partial charge in [0.15, 0.2) is 11.6 Å². The maximum absolute atomic E-state index is 4.40. The zero-order valence-corrected chi connectivity index (χ0v) is 12.1. The molecule has 0 radical (unpaired) electrons. The van der Waals surface area contributed by atoms with Crippen molar-refractivity contribution in [2.24, 2.45) is 11.0 Å². The van der Waals surface area contributed by atoms with Gasteiger partial charge in [-0.1, -0.05) is 18.6 Å². The molecule has 1 heterocycles. The first-order valence-corrected chi connectivity index (χ1v) is 6.55. The van der Waals surface area contributed by atoms with Crippen molar-refractivity contribution in [2.45, 2.75) is 53.9 Å². The summed E-state index contributed by atoms with van der Waals surface area (Å²) < 4.78 is 1.78. The Labute approximate surface area is 110 Å². The van der Waals surface area contributed by atoms with E-state index in [1.54, 1.807) is 4.68 Å². The second-order valence-corrected chi connectivity index (χ2v) is 5.10. The van der Waals surface area contributed by atoms with Crippen LogP contribution in [0.4, 0.5) is 0 Å². The third-order valence-electron chi connectivity index (χ3n) is 2.87. The molecular formula is C14H24N4. The second-order valence-electron chi connectivity index (χ2n) is 5.10. The molecule has 1 unspecified atom stereocenters. The van der Waals surface area contributed by atoms with Crippen LogP contribution in [0.3, 0.4) is 0 Å². The first kappa shape index (κ1) is 14.6. The highest BCUT2D eigenvalue weighted by molar-refractivity contribution is 5.57. The third kappa shape index (κ3) is 4.82. The standard InChI is InChI=1S/C14H24N4/c1-11(2)7-6-8-12(3)9-10-15-18-13(4)16-17-14(18)5/h7,10,12H,6,8-9H2,1-5H3. The van der Waals surface area contributed by atoms with Crippen LogP contribution in [0.5, 0.6) is 0 Å². The van der Waals surface area contributed by atoms with Crippen LogP contribution in [-0.2, 0) is 0 Å². The lowest BCUT2D eigenvalue weighted by molar-refractivity contribution is 0.561. The van der Waals surface area contributed by atoms with Crippen molar-refractivity contribution in [2.75, 3.05) is 0 Å². The van der Waals surface area contributed by atoms with Gasteiger partial charge in [-0.2, -0.15) is 5.10 Å². The van der Waals surface area contributed by atoms with Gasteiger partial charge in [0.25, 0.3) is 0 Å². The van der Waals surface area contributed by atoms with E-state index in [1.165, 1.54) is 12.0 Å². The van der Waals surface area contributed by atoms with Crippen LogP contribution in [0.15, 0.2) is 16.8 Å². The number of aryl methyl sites for hydroxylation is 2. The first-order chi connectivity index (χ1) is 8.50. The van der Waals surface area contributed by atoms with Crippen molar-refractivity contribution in [1.82, 2.24) is 14.9 Å². The largest absolute Gasteiger partial charge is 0.202 e.